The molecule has 2 atom stereocenters. The van der Waals surface area contributed by atoms with Crippen LogP contribution >= 0.6 is 11.6 Å². The summed E-state index contributed by atoms with van der Waals surface area (Å²) in [5, 5.41) is 16.5. The molecule has 2 unspecified atom stereocenters. The molecule has 194 valence electrons. The number of aromatic nitrogens is 4. The third kappa shape index (κ3) is 5.49. The molecule has 11 heteroatoms. The van der Waals surface area contributed by atoms with Crippen LogP contribution in [0.15, 0.2) is 29.2 Å². The highest BCUT2D eigenvalue weighted by Crippen LogP contribution is 2.30. The van der Waals surface area contributed by atoms with E-state index < -0.39 is 5.60 Å². The molecule has 36 heavy (non-hydrogen) atoms. The number of aliphatic hydroxyl groups is 1. The lowest BCUT2D eigenvalue weighted by atomic mass is 9.90. The summed E-state index contributed by atoms with van der Waals surface area (Å²) >= 11 is 6.44. The van der Waals surface area contributed by atoms with E-state index >= 15 is 0 Å². The summed E-state index contributed by atoms with van der Waals surface area (Å²) in [6, 6.07) is 5.62. The van der Waals surface area contributed by atoms with Crippen LogP contribution in [0.25, 0.3) is 11.0 Å². The van der Waals surface area contributed by atoms with Gasteiger partial charge in [0, 0.05) is 39.4 Å². The van der Waals surface area contributed by atoms with Crippen LogP contribution in [0.2, 0.25) is 5.02 Å². The maximum absolute atomic E-state index is 12.8. The summed E-state index contributed by atoms with van der Waals surface area (Å²) in [5.74, 6) is 1.15. The van der Waals surface area contributed by atoms with Crippen molar-refractivity contribution in [3.63, 3.8) is 0 Å². The lowest BCUT2D eigenvalue weighted by molar-refractivity contribution is -0.125. The van der Waals surface area contributed by atoms with Crippen LogP contribution in [-0.4, -0.2) is 55.9 Å². The standard InChI is InChI=1S/C25H34ClN7O3/c1-15-10-16(22(34)27-4)14-32(13-15)23-28-12-18(26)21(30-23)29-17-6-7-19-20(11-17)33(24(35)31(19)5)9-8-25(2,3)36/h6-7,11-12,15-16,36H,8-10,13-14H2,1-5H3,(H,27,34)(H,28,29,30). The molecule has 1 fully saturated rings. The van der Waals surface area contributed by atoms with E-state index in [-0.39, 0.29) is 17.5 Å². The van der Waals surface area contributed by atoms with Gasteiger partial charge in [-0.05, 0) is 50.8 Å². The van der Waals surface area contributed by atoms with Gasteiger partial charge in [-0.25, -0.2) is 9.78 Å². The number of nitrogens with zero attached hydrogens (tertiary/aromatic N) is 5. The highest BCUT2D eigenvalue weighted by molar-refractivity contribution is 6.32. The molecular weight excluding hydrogens is 482 g/mol. The Morgan fingerprint density at radius 3 is 2.72 bits per heavy atom. The number of carbonyl (C=O) groups excluding carboxylic acids is 1. The van der Waals surface area contributed by atoms with E-state index in [0.29, 0.717) is 47.9 Å². The largest absolute Gasteiger partial charge is 0.390 e. The number of rotatable bonds is 7. The van der Waals surface area contributed by atoms with Crippen molar-refractivity contribution < 1.29 is 9.90 Å². The van der Waals surface area contributed by atoms with Gasteiger partial charge in [0.25, 0.3) is 0 Å². The SMILES string of the molecule is CNC(=O)C1CC(C)CN(c2ncc(Cl)c(Nc3ccc4c(c3)n(CCC(C)(C)O)c(=O)n4C)n2)C1. The van der Waals surface area contributed by atoms with Gasteiger partial charge in [-0.3, -0.25) is 13.9 Å². The summed E-state index contributed by atoms with van der Waals surface area (Å²) < 4.78 is 3.26. The Morgan fingerprint density at radius 2 is 2.03 bits per heavy atom. The van der Waals surface area contributed by atoms with Crippen molar-refractivity contribution in [2.45, 2.75) is 45.8 Å². The van der Waals surface area contributed by atoms with Crippen LogP contribution in [-0.2, 0) is 18.4 Å². The number of nitrogens with one attached hydrogen (secondary N) is 2. The number of imidazole rings is 1. The Kier molecular flexibility index (Phi) is 7.28. The zero-order valence-corrected chi connectivity index (χ0v) is 22.1. The molecule has 1 amide bonds. The Hall–Kier alpha value is -3.11. The average Bonchev–Trinajstić information content (AvgIpc) is 3.06. The van der Waals surface area contributed by atoms with Crippen molar-refractivity contribution in [1.29, 1.82) is 0 Å². The van der Waals surface area contributed by atoms with Gasteiger partial charge in [0.2, 0.25) is 11.9 Å². The third-order valence-electron chi connectivity index (χ3n) is 6.65. The second-order valence-corrected chi connectivity index (χ2v) is 10.7. The van der Waals surface area contributed by atoms with Gasteiger partial charge < -0.3 is 20.6 Å². The molecule has 2 aromatic heterocycles. The summed E-state index contributed by atoms with van der Waals surface area (Å²) in [5.41, 5.74) is 1.23. The minimum absolute atomic E-state index is 0.0191. The number of benzene rings is 1. The fraction of sp³-hybridized carbons (Fsp3) is 0.520. The number of aryl methyl sites for hydroxylation is 2. The van der Waals surface area contributed by atoms with Crippen LogP contribution < -0.4 is 21.2 Å². The van der Waals surface area contributed by atoms with Crippen molar-refractivity contribution in [3.05, 3.63) is 39.9 Å². The monoisotopic (exact) mass is 515 g/mol. The molecule has 0 saturated carbocycles. The molecule has 1 aliphatic heterocycles. The van der Waals surface area contributed by atoms with Crippen molar-refractivity contribution in [1.82, 2.24) is 24.4 Å². The predicted octanol–water partition coefficient (Wildman–Crippen LogP) is 2.90. The van der Waals surface area contributed by atoms with Crippen LogP contribution in [0.3, 0.4) is 0 Å². The quantitative estimate of drug-likeness (QED) is 0.443. The Bertz CT molecular complexity index is 1330. The molecule has 0 radical (unpaired) electrons. The smallest absolute Gasteiger partial charge is 0.328 e. The minimum atomic E-state index is -0.884. The lowest BCUT2D eigenvalue weighted by Crippen LogP contribution is -2.46. The zero-order chi connectivity index (χ0) is 26.2. The molecule has 4 rings (SSSR count). The van der Waals surface area contributed by atoms with Crippen molar-refractivity contribution >= 4 is 46.0 Å². The van der Waals surface area contributed by atoms with Crippen LogP contribution in [0.4, 0.5) is 17.5 Å². The maximum Gasteiger partial charge on any atom is 0.328 e. The average molecular weight is 516 g/mol. The summed E-state index contributed by atoms with van der Waals surface area (Å²) in [7, 11) is 3.39. The number of fused-ring (bicyclic) bond motifs is 1. The Labute approximate surface area is 215 Å². The summed E-state index contributed by atoms with van der Waals surface area (Å²) in [6.07, 6.45) is 2.82. The molecule has 3 N–H and O–H groups in total. The van der Waals surface area contributed by atoms with Gasteiger partial charge >= 0.3 is 5.69 Å². The number of hydrogen-bond donors (Lipinski definition) is 3. The van der Waals surface area contributed by atoms with Gasteiger partial charge in [-0.2, -0.15) is 4.98 Å². The maximum atomic E-state index is 12.8. The molecule has 3 aromatic rings. The Balaban J connectivity index is 1.62. The first-order chi connectivity index (χ1) is 17.0. The molecule has 0 aliphatic carbocycles. The predicted molar refractivity (Wildman–Crippen MR) is 142 cm³/mol. The van der Waals surface area contributed by atoms with Crippen LogP contribution in [0.5, 0.6) is 0 Å². The molecular formula is C25H34ClN7O3. The van der Waals surface area contributed by atoms with E-state index in [0.717, 1.165) is 24.0 Å². The van der Waals surface area contributed by atoms with Gasteiger partial charge in [0.15, 0.2) is 5.82 Å². The second-order valence-electron chi connectivity index (χ2n) is 10.3. The van der Waals surface area contributed by atoms with Gasteiger partial charge in [0.05, 0.1) is 28.7 Å². The molecule has 1 saturated heterocycles. The summed E-state index contributed by atoms with van der Waals surface area (Å²) in [6.45, 7) is 7.24. The second kappa shape index (κ2) is 10.1. The van der Waals surface area contributed by atoms with Gasteiger partial charge in [0.1, 0.15) is 5.02 Å². The van der Waals surface area contributed by atoms with E-state index in [1.165, 1.54) is 0 Å². The van der Waals surface area contributed by atoms with Crippen LogP contribution in [0, 0.1) is 11.8 Å². The number of hydrogen-bond acceptors (Lipinski definition) is 7. The molecule has 0 spiro atoms. The first kappa shape index (κ1) is 26.0. The van der Waals surface area contributed by atoms with E-state index in [1.807, 2.05) is 23.1 Å². The van der Waals surface area contributed by atoms with Gasteiger partial charge in [-0.15, -0.1) is 0 Å². The molecule has 10 nitrogen and oxygen atoms in total. The molecule has 3 heterocycles. The van der Waals surface area contributed by atoms with E-state index in [9.17, 15) is 14.7 Å². The third-order valence-corrected chi connectivity index (χ3v) is 6.92. The van der Waals surface area contributed by atoms with Crippen molar-refractivity contribution in [2.24, 2.45) is 18.9 Å². The highest BCUT2D eigenvalue weighted by Gasteiger charge is 2.30. The van der Waals surface area contributed by atoms with Gasteiger partial charge in [-0.1, -0.05) is 18.5 Å². The number of carbonyl (C=O) groups is 1. The molecule has 1 aliphatic rings. The molecule has 0 bridgehead atoms. The lowest BCUT2D eigenvalue weighted by Gasteiger charge is -2.35. The van der Waals surface area contributed by atoms with E-state index in [1.54, 1.807) is 43.3 Å². The normalized spacial score (nSPS) is 18.5. The number of amides is 1. The number of anilines is 3. The number of piperidine rings is 1. The van der Waals surface area contributed by atoms with Crippen molar-refractivity contribution in [3.8, 4) is 0 Å². The minimum Gasteiger partial charge on any atom is -0.390 e. The zero-order valence-electron chi connectivity index (χ0n) is 21.4. The van der Waals surface area contributed by atoms with E-state index in [4.69, 9.17) is 11.6 Å². The Morgan fingerprint density at radius 1 is 1.28 bits per heavy atom. The number of halogens is 1. The first-order valence-electron chi connectivity index (χ1n) is 12.1. The topological polar surface area (TPSA) is 117 Å². The van der Waals surface area contributed by atoms with Crippen molar-refractivity contribution in [2.75, 3.05) is 30.4 Å². The molecule has 1 aromatic carbocycles. The van der Waals surface area contributed by atoms with E-state index in [2.05, 4.69) is 27.5 Å². The summed E-state index contributed by atoms with van der Waals surface area (Å²) in [4.78, 5) is 36.2. The van der Waals surface area contributed by atoms with Crippen LogP contribution in [0.1, 0.15) is 33.6 Å². The highest BCUT2D eigenvalue weighted by atomic mass is 35.5. The first-order valence-corrected chi connectivity index (χ1v) is 12.5. The fourth-order valence-corrected chi connectivity index (χ4v) is 4.87. The fourth-order valence-electron chi connectivity index (χ4n) is 4.73.